The van der Waals surface area contributed by atoms with E-state index in [2.05, 4.69) is 0 Å². The average Bonchev–Trinajstić information content (AvgIpc) is 2.31. The maximum atomic E-state index is 10.1. The van der Waals surface area contributed by atoms with E-state index >= 15 is 0 Å². The molecule has 1 saturated heterocycles. The van der Waals surface area contributed by atoms with Gasteiger partial charge in [0.15, 0.2) is 0 Å². The van der Waals surface area contributed by atoms with Gasteiger partial charge in [0.1, 0.15) is 0 Å². The van der Waals surface area contributed by atoms with Crippen molar-refractivity contribution in [2.45, 2.75) is 32.5 Å². The fourth-order valence-electron chi connectivity index (χ4n) is 1.49. The third kappa shape index (κ3) is 2.97. The number of carbonyl (C=O) groups excluding carboxylic acids is 1. The van der Waals surface area contributed by atoms with Gasteiger partial charge in [-0.05, 0) is 20.9 Å². The summed E-state index contributed by atoms with van der Waals surface area (Å²) in [6.45, 7) is 5.25. The van der Waals surface area contributed by atoms with Crippen molar-refractivity contribution in [2.75, 3.05) is 13.6 Å². The number of hydrogen-bond donors (Lipinski definition) is 0. The van der Waals surface area contributed by atoms with Crippen molar-refractivity contribution in [1.29, 1.82) is 0 Å². The summed E-state index contributed by atoms with van der Waals surface area (Å²) >= 11 is 0. The molecule has 1 radical (unpaired) electrons. The van der Waals surface area contributed by atoms with E-state index in [1.54, 1.807) is 0 Å². The molecule has 0 saturated carbocycles. The van der Waals surface area contributed by atoms with Crippen LogP contribution in [0.1, 0.15) is 20.3 Å². The minimum Gasteiger partial charge on any atom is -0.440 e. The molecule has 13 heavy (non-hydrogen) atoms. The van der Waals surface area contributed by atoms with Crippen LogP contribution in [0.25, 0.3) is 0 Å². The van der Waals surface area contributed by atoms with Crippen molar-refractivity contribution in [3.8, 4) is 0 Å². The lowest BCUT2D eigenvalue weighted by Gasteiger charge is -2.14. The topological polar surface area (TPSA) is 38.8 Å². The molecule has 0 bridgehead atoms. The molecule has 0 spiro atoms. The van der Waals surface area contributed by atoms with Crippen molar-refractivity contribution >= 4 is 6.47 Å². The van der Waals surface area contributed by atoms with Gasteiger partial charge in [-0.2, -0.15) is 0 Å². The lowest BCUT2D eigenvalue weighted by atomic mass is 10.3. The molecule has 1 aliphatic rings. The van der Waals surface area contributed by atoms with Crippen LogP contribution in [-0.4, -0.2) is 37.2 Å². The van der Waals surface area contributed by atoms with Crippen LogP contribution in [0.3, 0.4) is 0 Å². The van der Waals surface area contributed by atoms with E-state index in [0.717, 1.165) is 6.54 Å². The van der Waals surface area contributed by atoms with Crippen LogP contribution in [-0.2, 0) is 14.3 Å². The van der Waals surface area contributed by atoms with Crippen molar-refractivity contribution in [3.63, 3.8) is 0 Å². The fraction of sp³-hybridized carbons (Fsp3) is 0.778. The van der Waals surface area contributed by atoms with Gasteiger partial charge in [0.2, 0.25) is 6.23 Å². The highest BCUT2D eigenvalue weighted by Crippen LogP contribution is 2.25. The van der Waals surface area contributed by atoms with Crippen LogP contribution in [0.15, 0.2) is 0 Å². The van der Waals surface area contributed by atoms with Crippen LogP contribution >= 0.6 is 0 Å². The molecule has 4 nitrogen and oxygen atoms in total. The van der Waals surface area contributed by atoms with E-state index in [-0.39, 0.29) is 12.2 Å². The van der Waals surface area contributed by atoms with Crippen LogP contribution in [0.2, 0.25) is 0 Å². The normalized spacial score (nSPS) is 25.4. The Kier molecular flexibility index (Phi) is 3.69. The summed E-state index contributed by atoms with van der Waals surface area (Å²) in [6, 6.07) is 0. The Labute approximate surface area is 78.8 Å². The first-order valence-corrected chi connectivity index (χ1v) is 4.46. The molecule has 1 aliphatic heterocycles. The maximum absolute atomic E-state index is 10.1. The van der Waals surface area contributed by atoms with Crippen LogP contribution in [0, 0.1) is 6.23 Å². The highest BCUT2D eigenvalue weighted by molar-refractivity contribution is 5.39. The van der Waals surface area contributed by atoms with Gasteiger partial charge in [0.25, 0.3) is 6.47 Å². The molecule has 0 aromatic rings. The summed E-state index contributed by atoms with van der Waals surface area (Å²) < 4.78 is 10.4. The van der Waals surface area contributed by atoms with Crippen molar-refractivity contribution in [1.82, 2.24) is 4.90 Å². The zero-order valence-corrected chi connectivity index (χ0v) is 8.32. The number of rotatable bonds is 4. The lowest BCUT2D eigenvalue weighted by molar-refractivity contribution is -0.130. The summed E-state index contributed by atoms with van der Waals surface area (Å²) in [5.41, 5.74) is 0. The first-order valence-electron chi connectivity index (χ1n) is 4.46. The molecular formula is C9H16NO3. The third-order valence-corrected chi connectivity index (χ3v) is 1.95. The van der Waals surface area contributed by atoms with Crippen LogP contribution < -0.4 is 0 Å². The Morgan fingerprint density at radius 3 is 2.85 bits per heavy atom. The standard InChI is InChI=1S/C9H16NO3/c1-7(2)13-8-4-9(12-6-11)10(3)5-8/h6-8H,4-5H2,1-3H3. The molecule has 0 aromatic heterocycles. The number of hydrogen-bond acceptors (Lipinski definition) is 4. The predicted octanol–water partition coefficient (Wildman–Crippen LogP) is 0.778. The van der Waals surface area contributed by atoms with E-state index in [1.165, 1.54) is 0 Å². The highest BCUT2D eigenvalue weighted by Gasteiger charge is 2.33. The second kappa shape index (κ2) is 4.58. The average molecular weight is 186 g/mol. The van der Waals surface area contributed by atoms with Crippen molar-refractivity contribution in [2.24, 2.45) is 0 Å². The van der Waals surface area contributed by atoms with Gasteiger partial charge in [-0.3, -0.25) is 9.69 Å². The van der Waals surface area contributed by atoms with Gasteiger partial charge in [-0.1, -0.05) is 0 Å². The molecular weight excluding hydrogens is 170 g/mol. The number of carbonyl (C=O) groups is 1. The van der Waals surface area contributed by atoms with Gasteiger partial charge >= 0.3 is 0 Å². The molecule has 0 amide bonds. The third-order valence-electron chi connectivity index (χ3n) is 1.95. The minimum absolute atomic E-state index is 0.153. The van der Waals surface area contributed by atoms with Crippen molar-refractivity contribution in [3.05, 3.63) is 6.23 Å². The summed E-state index contributed by atoms with van der Waals surface area (Å²) in [4.78, 5) is 12.0. The SMILES string of the molecule is CC(C)OC1C[C](OC=O)N(C)C1. The van der Waals surface area contributed by atoms with Gasteiger partial charge in [0, 0.05) is 13.0 Å². The molecule has 1 fully saturated rings. The second-order valence-corrected chi connectivity index (χ2v) is 3.50. The molecule has 0 aromatic carbocycles. The van der Waals surface area contributed by atoms with Crippen LogP contribution in [0.4, 0.5) is 0 Å². The molecule has 4 heteroatoms. The second-order valence-electron chi connectivity index (χ2n) is 3.50. The number of likely N-dealkylation sites (tertiary alicyclic amines) is 1. The monoisotopic (exact) mass is 186 g/mol. The first-order chi connectivity index (χ1) is 6.13. The summed E-state index contributed by atoms with van der Waals surface area (Å²) in [7, 11) is 1.89. The molecule has 75 valence electrons. The summed E-state index contributed by atoms with van der Waals surface area (Å²) in [5.74, 6) is 0. The highest BCUT2D eigenvalue weighted by atomic mass is 16.5. The van der Waals surface area contributed by atoms with Crippen LogP contribution in [0.5, 0.6) is 0 Å². The quantitative estimate of drug-likeness (QED) is 0.608. The largest absolute Gasteiger partial charge is 0.440 e. The van der Waals surface area contributed by atoms with Gasteiger partial charge in [0.05, 0.1) is 12.2 Å². The van der Waals surface area contributed by atoms with Gasteiger partial charge in [-0.15, -0.1) is 0 Å². The lowest BCUT2D eigenvalue weighted by Crippen LogP contribution is -2.23. The van der Waals surface area contributed by atoms with Gasteiger partial charge in [-0.25, -0.2) is 0 Å². The molecule has 0 N–H and O–H groups in total. The summed E-state index contributed by atoms with van der Waals surface area (Å²) in [6.07, 6.45) is 1.75. The van der Waals surface area contributed by atoms with Gasteiger partial charge < -0.3 is 9.47 Å². The minimum atomic E-state index is 0.153. The van der Waals surface area contributed by atoms with E-state index in [0.29, 0.717) is 19.1 Å². The Bertz CT molecular complexity index is 172. The van der Waals surface area contributed by atoms with E-state index < -0.39 is 0 Å². The Balaban J connectivity index is 2.35. The maximum Gasteiger partial charge on any atom is 0.295 e. The zero-order chi connectivity index (χ0) is 9.84. The summed E-state index contributed by atoms with van der Waals surface area (Å²) in [5, 5.41) is 0. The molecule has 0 aliphatic carbocycles. The number of ether oxygens (including phenoxy) is 2. The van der Waals surface area contributed by atoms with E-state index in [9.17, 15) is 4.79 Å². The molecule has 1 rings (SSSR count). The Morgan fingerprint density at radius 1 is 1.62 bits per heavy atom. The first kappa shape index (κ1) is 10.5. The van der Waals surface area contributed by atoms with E-state index in [1.807, 2.05) is 25.8 Å². The zero-order valence-electron chi connectivity index (χ0n) is 8.32. The van der Waals surface area contributed by atoms with Crippen molar-refractivity contribution < 1.29 is 14.3 Å². The fourth-order valence-corrected chi connectivity index (χ4v) is 1.49. The smallest absolute Gasteiger partial charge is 0.295 e. The Morgan fingerprint density at radius 2 is 2.31 bits per heavy atom. The van der Waals surface area contributed by atoms with E-state index in [4.69, 9.17) is 9.47 Å². The Hall–Kier alpha value is -0.610. The number of nitrogens with zero attached hydrogens (tertiary/aromatic N) is 1. The molecule has 1 atom stereocenters. The number of likely N-dealkylation sites (N-methyl/N-ethyl adjacent to an activating group) is 1. The molecule has 1 unspecified atom stereocenters. The molecule has 1 heterocycles. The predicted molar refractivity (Wildman–Crippen MR) is 47.6 cm³/mol.